The van der Waals surface area contributed by atoms with Gasteiger partial charge in [-0.3, -0.25) is 4.79 Å². The fourth-order valence-electron chi connectivity index (χ4n) is 4.30. The number of hydrogen-bond donors (Lipinski definition) is 2. The summed E-state index contributed by atoms with van der Waals surface area (Å²) in [7, 11) is 1.30. The summed E-state index contributed by atoms with van der Waals surface area (Å²) in [5.41, 5.74) is 2.01. The molecule has 1 fully saturated rings. The predicted molar refractivity (Wildman–Crippen MR) is 119 cm³/mol. The van der Waals surface area contributed by atoms with E-state index in [4.69, 9.17) is 4.74 Å². The summed E-state index contributed by atoms with van der Waals surface area (Å²) in [5, 5.41) is 5.01. The van der Waals surface area contributed by atoms with Crippen molar-refractivity contribution in [1.82, 2.24) is 20.2 Å². The Morgan fingerprint density at radius 1 is 1.19 bits per heavy atom. The number of carbonyl (C=O) groups is 2. The highest BCUT2D eigenvalue weighted by molar-refractivity contribution is 5.95. The molecule has 31 heavy (non-hydrogen) atoms. The summed E-state index contributed by atoms with van der Waals surface area (Å²) in [4.78, 5) is 34.9. The highest BCUT2D eigenvalue weighted by atomic mass is 16.5. The van der Waals surface area contributed by atoms with Crippen LogP contribution in [0, 0.1) is 5.92 Å². The SMILES string of the molecule is COC(=O)N[C@H](C(=O)N1CCC[C@H]1c1ncc(-c2cccc3ccccc23)[nH]1)C(C)C. The smallest absolute Gasteiger partial charge is 0.407 e. The number of imidazole rings is 1. The Kier molecular flexibility index (Phi) is 5.93. The maximum Gasteiger partial charge on any atom is 0.407 e. The van der Waals surface area contributed by atoms with Crippen molar-refractivity contribution >= 4 is 22.8 Å². The lowest BCUT2D eigenvalue weighted by atomic mass is 10.0. The number of methoxy groups -OCH3 is 1. The van der Waals surface area contributed by atoms with Crippen LogP contribution in [0.2, 0.25) is 0 Å². The number of fused-ring (bicyclic) bond motifs is 1. The van der Waals surface area contributed by atoms with Gasteiger partial charge in [-0.15, -0.1) is 0 Å². The first-order valence-corrected chi connectivity index (χ1v) is 10.7. The lowest BCUT2D eigenvalue weighted by Crippen LogP contribution is -2.51. The Balaban J connectivity index is 1.60. The number of H-pyrrole nitrogens is 1. The van der Waals surface area contributed by atoms with Crippen molar-refractivity contribution in [3.63, 3.8) is 0 Å². The van der Waals surface area contributed by atoms with Gasteiger partial charge >= 0.3 is 6.09 Å². The molecule has 162 valence electrons. The maximum atomic E-state index is 13.3. The van der Waals surface area contributed by atoms with Gasteiger partial charge in [-0.2, -0.15) is 0 Å². The first kappa shape index (κ1) is 20.9. The van der Waals surface area contributed by atoms with Crippen LogP contribution in [0.25, 0.3) is 22.0 Å². The number of nitrogens with zero attached hydrogens (tertiary/aromatic N) is 2. The van der Waals surface area contributed by atoms with Gasteiger partial charge in [-0.05, 0) is 29.5 Å². The monoisotopic (exact) mass is 420 g/mol. The standard InChI is InChI=1S/C24H28N4O3/c1-15(2)21(27-24(30)31-3)23(29)28-13-7-12-20(28)22-25-14-19(26-22)18-11-6-9-16-8-4-5-10-17(16)18/h4-6,8-11,14-15,20-21H,7,12-13H2,1-3H3,(H,25,26)(H,27,30)/t20-,21-/m0/s1. The number of aromatic amines is 1. The number of hydrogen-bond acceptors (Lipinski definition) is 4. The van der Waals surface area contributed by atoms with Crippen molar-refractivity contribution in [3.05, 3.63) is 54.5 Å². The van der Waals surface area contributed by atoms with Gasteiger partial charge in [-0.1, -0.05) is 56.3 Å². The molecular formula is C24H28N4O3. The molecule has 1 aliphatic heterocycles. The molecule has 7 nitrogen and oxygen atoms in total. The number of likely N-dealkylation sites (tertiary alicyclic amines) is 1. The van der Waals surface area contributed by atoms with E-state index in [0.29, 0.717) is 6.54 Å². The van der Waals surface area contributed by atoms with E-state index in [2.05, 4.69) is 39.6 Å². The van der Waals surface area contributed by atoms with E-state index < -0.39 is 12.1 Å². The van der Waals surface area contributed by atoms with Gasteiger partial charge in [0.15, 0.2) is 0 Å². The second-order valence-corrected chi connectivity index (χ2v) is 8.26. The average Bonchev–Trinajstić information content (AvgIpc) is 3.45. The molecule has 4 rings (SSSR count). The fourth-order valence-corrected chi connectivity index (χ4v) is 4.30. The third-order valence-electron chi connectivity index (χ3n) is 5.92. The van der Waals surface area contributed by atoms with Gasteiger partial charge in [0.1, 0.15) is 11.9 Å². The molecule has 2 N–H and O–H groups in total. The molecule has 2 aromatic carbocycles. The lowest BCUT2D eigenvalue weighted by molar-refractivity contribution is -0.135. The van der Waals surface area contributed by atoms with E-state index in [0.717, 1.165) is 35.3 Å². The molecule has 1 aromatic heterocycles. The third-order valence-corrected chi connectivity index (χ3v) is 5.92. The predicted octanol–water partition coefficient (Wildman–Crippen LogP) is 4.27. The second kappa shape index (κ2) is 8.79. The van der Waals surface area contributed by atoms with Gasteiger partial charge in [0.25, 0.3) is 0 Å². The minimum atomic E-state index is -0.638. The summed E-state index contributed by atoms with van der Waals surface area (Å²) in [5.74, 6) is 0.607. The van der Waals surface area contributed by atoms with Crippen molar-refractivity contribution in [3.8, 4) is 11.3 Å². The first-order chi connectivity index (χ1) is 15.0. The van der Waals surface area contributed by atoms with E-state index in [1.54, 1.807) is 0 Å². The number of amides is 2. The van der Waals surface area contributed by atoms with E-state index in [1.807, 2.05) is 43.1 Å². The average molecular weight is 421 g/mol. The van der Waals surface area contributed by atoms with E-state index in [9.17, 15) is 9.59 Å². The van der Waals surface area contributed by atoms with Crippen molar-refractivity contribution in [2.45, 2.75) is 38.8 Å². The molecular weight excluding hydrogens is 392 g/mol. The number of carbonyl (C=O) groups excluding carboxylic acids is 2. The van der Waals surface area contributed by atoms with Gasteiger partial charge < -0.3 is 19.9 Å². The van der Waals surface area contributed by atoms with Gasteiger partial charge in [0, 0.05) is 12.1 Å². The summed E-state index contributed by atoms with van der Waals surface area (Å²) in [6, 6.07) is 13.7. The Morgan fingerprint density at radius 3 is 2.74 bits per heavy atom. The van der Waals surface area contributed by atoms with Crippen LogP contribution in [0.3, 0.4) is 0 Å². The molecule has 1 saturated heterocycles. The van der Waals surface area contributed by atoms with Crippen molar-refractivity contribution in [2.24, 2.45) is 5.92 Å². The largest absolute Gasteiger partial charge is 0.453 e. The topological polar surface area (TPSA) is 87.3 Å². The Morgan fingerprint density at radius 2 is 1.97 bits per heavy atom. The van der Waals surface area contributed by atoms with Crippen LogP contribution in [0.4, 0.5) is 4.79 Å². The number of nitrogens with one attached hydrogen (secondary N) is 2. The van der Waals surface area contributed by atoms with Crippen LogP contribution in [-0.4, -0.2) is 46.6 Å². The Bertz CT molecular complexity index is 1090. The molecule has 0 spiro atoms. The third kappa shape index (κ3) is 4.13. The normalized spacial score (nSPS) is 17.2. The van der Waals surface area contributed by atoms with E-state index >= 15 is 0 Å². The van der Waals surface area contributed by atoms with Crippen LogP contribution in [-0.2, 0) is 9.53 Å². The molecule has 0 aliphatic carbocycles. The molecule has 3 aromatic rings. The summed E-state index contributed by atoms with van der Waals surface area (Å²) in [6.07, 6.45) is 2.96. The number of ether oxygens (including phenoxy) is 1. The summed E-state index contributed by atoms with van der Waals surface area (Å²) >= 11 is 0. The highest BCUT2D eigenvalue weighted by Crippen LogP contribution is 2.34. The highest BCUT2D eigenvalue weighted by Gasteiger charge is 2.37. The molecule has 7 heteroatoms. The zero-order valence-corrected chi connectivity index (χ0v) is 18.1. The number of rotatable bonds is 5. The van der Waals surface area contributed by atoms with E-state index in [-0.39, 0.29) is 17.9 Å². The minimum Gasteiger partial charge on any atom is -0.453 e. The Hall–Kier alpha value is -3.35. The van der Waals surface area contributed by atoms with Gasteiger partial charge in [0.05, 0.1) is 25.0 Å². The maximum absolute atomic E-state index is 13.3. The molecule has 2 atom stereocenters. The van der Waals surface area contributed by atoms with Gasteiger partial charge in [-0.25, -0.2) is 9.78 Å². The number of alkyl carbamates (subject to hydrolysis) is 1. The molecule has 0 radical (unpaired) electrons. The van der Waals surface area contributed by atoms with Crippen LogP contribution >= 0.6 is 0 Å². The van der Waals surface area contributed by atoms with E-state index in [1.165, 1.54) is 12.5 Å². The summed E-state index contributed by atoms with van der Waals surface area (Å²) < 4.78 is 4.70. The molecule has 1 aliphatic rings. The number of aromatic nitrogens is 2. The molecule has 0 unspecified atom stereocenters. The zero-order chi connectivity index (χ0) is 22.0. The van der Waals surface area contributed by atoms with Crippen LogP contribution in [0.5, 0.6) is 0 Å². The van der Waals surface area contributed by atoms with Crippen molar-refractivity contribution in [1.29, 1.82) is 0 Å². The van der Waals surface area contributed by atoms with Crippen molar-refractivity contribution in [2.75, 3.05) is 13.7 Å². The lowest BCUT2D eigenvalue weighted by Gasteiger charge is -2.30. The molecule has 2 heterocycles. The second-order valence-electron chi connectivity index (χ2n) is 8.26. The quantitative estimate of drug-likeness (QED) is 0.645. The summed E-state index contributed by atoms with van der Waals surface area (Å²) in [6.45, 7) is 4.46. The fraction of sp³-hybridized carbons (Fsp3) is 0.375. The molecule has 0 bridgehead atoms. The molecule has 0 saturated carbocycles. The van der Waals surface area contributed by atoms with Crippen LogP contribution in [0.15, 0.2) is 48.7 Å². The number of benzene rings is 2. The van der Waals surface area contributed by atoms with Crippen LogP contribution < -0.4 is 5.32 Å². The van der Waals surface area contributed by atoms with Gasteiger partial charge in [0.2, 0.25) is 5.91 Å². The first-order valence-electron chi connectivity index (χ1n) is 10.7. The zero-order valence-electron chi connectivity index (χ0n) is 18.1. The Labute approximate surface area is 181 Å². The van der Waals surface area contributed by atoms with Crippen LogP contribution in [0.1, 0.15) is 38.6 Å². The minimum absolute atomic E-state index is 0.0595. The van der Waals surface area contributed by atoms with Crippen molar-refractivity contribution < 1.29 is 14.3 Å². The molecule has 2 amide bonds.